The molecule has 2 unspecified atom stereocenters. The fraction of sp³-hybridized carbons (Fsp3) is 0.889. The summed E-state index contributed by atoms with van der Waals surface area (Å²) in [6, 6.07) is 0. The van der Waals surface area contributed by atoms with E-state index in [4.69, 9.17) is 10.2 Å². The van der Waals surface area contributed by atoms with Gasteiger partial charge in [0.25, 0.3) is 0 Å². The first-order valence-corrected chi connectivity index (χ1v) is 4.73. The van der Waals surface area contributed by atoms with Crippen molar-refractivity contribution in [3.8, 4) is 0 Å². The van der Waals surface area contributed by atoms with Crippen LogP contribution in [0.3, 0.4) is 0 Å². The Balaban J connectivity index is 3.51. The Hall–Kier alpha value is -0.890. The minimum absolute atomic E-state index is 0.0690. The third-order valence-electron chi connectivity index (χ3n) is 1.51. The summed E-state index contributed by atoms with van der Waals surface area (Å²) in [7, 11) is 2.84. The van der Waals surface area contributed by atoms with E-state index in [1.54, 1.807) is 0 Å². The van der Waals surface area contributed by atoms with Crippen LogP contribution in [0.5, 0.6) is 0 Å². The monoisotopic (exact) mass is 238 g/mol. The minimum atomic E-state index is -0.953. The number of carbonyl (C=O) groups is 1. The second-order valence-corrected chi connectivity index (χ2v) is 3.09. The van der Waals surface area contributed by atoms with Gasteiger partial charge in [-0.15, -0.1) is 0 Å². The van der Waals surface area contributed by atoms with Crippen LogP contribution in [0.1, 0.15) is 0 Å². The lowest BCUT2D eigenvalue weighted by atomic mass is 10.4. The Morgan fingerprint density at radius 3 is 1.62 bits per heavy atom. The van der Waals surface area contributed by atoms with Gasteiger partial charge >= 0.3 is 6.16 Å². The molecule has 0 saturated heterocycles. The van der Waals surface area contributed by atoms with Gasteiger partial charge in [0, 0.05) is 14.2 Å². The number of hydrogen-bond acceptors (Lipinski definition) is 7. The van der Waals surface area contributed by atoms with E-state index in [1.807, 2.05) is 0 Å². The molecule has 0 aliphatic rings. The van der Waals surface area contributed by atoms with Gasteiger partial charge in [-0.25, -0.2) is 4.79 Å². The molecule has 0 heterocycles. The number of aliphatic hydroxyl groups excluding tert-OH is 2. The van der Waals surface area contributed by atoms with Crippen molar-refractivity contribution >= 4 is 6.16 Å². The van der Waals surface area contributed by atoms with E-state index in [2.05, 4.69) is 18.9 Å². The molecule has 0 radical (unpaired) electrons. The van der Waals surface area contributed by atoms with Gasteiger partial charge < -0.3 is 29.2 Å². The van der Waals surface area contributed by atoms with Gasteiger partial charge in [0.15, 0.2) is 0 Å². The SMILES string of the molecule is COCC(O)COC(=O)OCC(O)COC. The lowest BCUT2D eigenvalue weighted by Gasteiger charge is -2.12. The van der Waals surface area contributed by atoms with E-state index in [0.29, 0.717) is 0 Å². The summed E-state index contributed by atoms with van der Waals surface area (Å²) in [5.74, 6) is 0. The molecule has 0 saturated carbocycles. The molecule has 0 aliphatic carbocycles. The van der Waals surface area contributed by atoms with Gasteiger partial charge in [-0.05, 0) is 0 Å². The van der Waals surface area contributed by atoms with Crippen LogP contribution in [-0.4, -0.2) is 69.2 Å². The standard InChI is InChI=1S/C9H18O7/c1-13-3-7(10)5-15-9(12)16-6-8(11)4-14-2/h7-8,10-11H,3-6H2,1-2H3. The van der Waals surface area contributed by atoms with Gasteiger partial charge in [-0.1, -0.05) is 0 Å². The van der Waals surface area contributed by atoms with E-state index in [-0.39, 0.29) is 26.4 Å². The average Bonchev–Trinajstić information content (AvgIpc) is 2.24. The van der Waals surface area contributed by atoms with E-state index in [0.717, 1.165) is 0 Å². The van der Waals surface area contributed by atoms with Crippen molar-refractivity contribution in [2.45, 2.75) is 12.2 Å². The summed E-state index contributed by atoms with van der Waals surface area (Å²) in [5, 5.41) is 18.3. The molecular formula is C9H18O7. The van der Waals surface area contributed by atoms with Gasteiger partial charge in [0.05, 0.1) is 13.2 Å². The first-order chi connectivity index (χ1) is 7.60. The molecule has 0 rings (SSSR count). The Morgan fingerprint density at radius 1 is 0.938 bits per heavy atom. The first kappa shape index (κ1) is 15.1. The van der Waals surface area contributed by atoms with E-state index < -0.39 is 18.4 Å². The zero-order chi connectivity index (χ0) is 12.4. The Bertz CT molecular complexity index is 167. The molecule has 2 atom stereocenters. The highest BCUT2D eigenvalue weighted by atomic mass is 16.7. The second-order valence-electron chi connectivity index (χ2n) is 3.09. The molecule has 0 amide bonds. The minimum Gasteiger partial charge on any atom is -0.431 e. The van der Waals surface area contributed by atoms with Crippen molar-refractivity contribution in [3.05, 3.63) is 0 Å². The lowest BCUT2D eigenvalue weighted by molar-refractivity contribution is -0.0296. The summed E-state index contributed by atoms with van der Waals surface area (Å²) in [5.41, 5.74) is 0. The van der Waals surface area contributed by atoms with Crippen molar-refractivity contribution in [1.29, 1.82) is 0 Å². The molecule has 7 heteroatoms. The summed E-state index contributed by atoms with van der Waals surface area (Å²) in [6.07, 6.45) is -2.73. The second kappa shape index (κ2) is 9.34. The molecule has 0 fully saturated rings. The molecule has 0 bridgehead atoms. The highest BCUT2D eigenvalue weighted by molar-refractivity contribution is 5.59. The predicted molar refractivity (Wildman–Crippen MR) is 53.1 cm³/mol. The van der Waals surface area contributed by atoms with Crippen molar-refractivity contribution in [2.24, 2.45) is 0 Å². The summed E-state index contributed by atoms with van der Waals surface area (Å²) in [4.78, 5) is 10.9. The van der Waals surface area contributed by atoms with Crippen LogP contribution in [0.15, 0.2) is 0 Å². The fourth-order valence-electron chi connectivity index (χ4n) is 0.851. The van der Waals surface area contributed by atoms with Crippen molar-refractivity contribution in [3.63, 3.8) is 0 Å². The molecule has 0 aliphatic heterocycles. The summed E-state index contributed by atoms with van der Waals surface area (Å²) < 4.78 is 18.3. The number of rotatable bonds is 8. The molecular weight excluding hydrogens is 220 g/mol. The van der Waals surface area contributed by atoms with Gasteiger partial charge in [-0.3, -0.25) is 0 Å². The van der Waals surface area contributed by atoms with Crippen molar-refractivity contribution < 1.29 is 34.0 Å². The lowest BCUT2D eigenvalue weighted by Crippen LogP contribution is -2.26. The third-order valence-corrected chi connectivity index (χ3v) is 1.51. The third kappa shape index (κ3) is 8.42. The molecule has 16 heavy (non-hydrogen) atoms. The number of hydrogen-bond donors (Lipinski definition) is 2. The largest absolute Gasteiger partial charge is 0.508 e. The molecule has 7 nitrogen and oxygen atoms in total. The van der Waals surface area contributed by atoms with Crippen LogP contribution in [0, 0.1) is 0 Å². The van der Waals surface area contributed by atoms with E-state index >= 15 is 0 Å². The Morgan fingerprint density at radius 2 is 1.31 bits per heavy atom. The van der Waals surface area contributed by atoms with Crippen LogP contribution in [0.4, 0.5) is 4.79 Å². The Kier molecular flexibility index (Phi) is 8.82. The molecule has 96 valence electrons. The maximum atomic E-state index is 10.9. The van der Waals surface area contributed by atoms with Crippen LogP contribution < -0.4 is 0 Å². The Labute approximate surface area is 93.9 Å². The number of aliphatic hydroxyl groups is 2. The number of carbonyl (C=O) groups excluding carboxylic acids is 1. The van der Waals surface area contributed by atoms with Crippen LogP contribution in [-0.2, 0) is 18.9 Å². The zero-order valence-corrected chi connectivity index (χ0v) is 9.42. The maximum Gasteiger partial charge on any atom is 0.508 e. The molecule has 0 spiro atoms. The van der Waals surface area contributed by atoms with E-state index in [1.165, 1.54) is 14.2 Å². The normalized spacial score (nSPS) is 14.2. The number of ether oxygens (including phenoxy) is 4. The van der Waals surface area contributed by atoms with Crippen LogP contribution in [0.25, 0.3) is 0 Å². The zero-order valence-electron chi connectivity index (χ0n) is 9.42. The van der Waals surface area contributed by atoms with Gasteiger partial charge in [0.2, 0.25) is 0 Å². The molecule has 0 aromatic rings. The molecule has 0 aromatic heterocycles. The summed E-state index contributed by atoms with van der Waals surface area (Å²) in [6.45, 7) is -0.292. The first-order valence-electron chi connectivity index (χ1n) is 4.73. The quantitative estimate of drug-likeness (QED) is 0.532. The van der Waals surface area contributed by atoms with Crippen molar-refractivity contribution in [2.75, 3.05) is 40.6 Å². The van der Waals surface area contributed by atoms with Gasteiger partial charge in [-0.2, -0.15) is 0 Å². The van der Waals surface area contributed by atoms with Crippen LogP contribution >= 0.6 is 0 Å². The summed E-state index contributed by atoms with van der Waals surface area (Å²) >= 11 is 0. The highest BCUT2D eigenvalue weighted by Gasteiger charge is 2.12. The fourth-order valence-corrected chi connectivity index (χ4v) is 0.851. The predicted octanol–water partition coefficient (Wildman–Crippen LogP) is -0.846. The highest BCUT2D eigenvalue weighted by Crippen LogP contribution is 1.93. The molecule has 2 N–H and O–H groups in total. The van der Waals surface area contributed by atoms with Gasteiger partial charge in [0.1, 0.15) is 25.4 Å². The maximum absolute atomic E-state index is 10.9. The smallest absolute Gasteiger partial charge is 0.431 e. The average molecular weight is 238 g/mol. The van der Waals surface area contributed by atoms with E-state index in [9.17, 15) is 4.79 Å². The van der Waals surface area contributed by atoms with Crippen molar-refractivity contribution in [1.82, 2.24) is 0 Å². The topological polar surface area (TPSA) is 94.5 Å². The number of methoxy groups -OCH3 is 2. The van der Waals surface area contributed by atoms with Crippen LogP contribution in [0.2, 0.25) is 0 Å². The molecule has 0 aromatic carbocycles.